The third-order valence-electron chi connectivity index (χ3n) is 6.66. The molecule has 0 aliphatic carbocycles. The molecule has 2 heterocycles. The number of aliphatic hydroxyl groups excluding tert-OH is 8. The zero-order valence-corrected chi connectivity index (χ0v) is 18.5. The average Bonchev–Trinajstić information content (AvgIpc) is 2.86. The molecule has 10 atom stereocenters. The molecular formula is C24H29FO10. The highest BCUT2D eigenvalue weighted by Gasteiger charge is 2.45. The maximum Gasteiger partial charge on any atom is 0.131 e. The smallest absolute Gasteiger partial charge is 0.131 e. The van der Waals surface area contributed by atoms with Gasteiger partial charge in [0.1, 0.15) is 66.9 Å². The van der Waals surface area contributed by atoms with Gasteiger partial charge in [0.25, 0.3) is 0 Å². The standard InChI is InChI=1S/C24H29FO10/c25-14-7-12(24-22(33)20(31)18(29)16(9-27)35-24)5-6-13(14)10-1-3-11(4-2-10)23-21(32)19(30)17(28)15(8-26)34-23/h1-7,15-24,26-33H,8-9H2. The number of benzene rings is 2. The largest absolute Gasteiger partial charge is 0.394 e. The van der Waals surface area contributed by atoms with Gasteiger partial charge in [0.05, 0.1) is 13.2 Å². The second kappa shape index (κ2) is 10.5. The first-order chi connectivity index (χ1) is 16.7. The van der Waals surface area contributed by atoms with Gasteiger partial charge in [-0.3, -0.25) is 0 Å². The van der Waals surface area contributed by atoms with Crippen LogP contribution < -0.4 is 0 Å². The Kier molecular flexibility index (Phi) is 7.83. The van der Waals surface area contributed by atoms with Crippen molar-refractivity contribution in [2.75, 3.05) is 13.2 Å². The van der Waals surface area contributed by atoms with Crippen LogP contribution in [0, 0.1) is 5.82 Å². The topological polar surface area (TPSA) is 180 Å². The Morgan fingerprint density at radius 3 is 1.51 bits per heavy atom. The lowest BCUT2D eigenvalue weighted by Gasteiger charge is -2.40. The number of halogens is 1. The summed E-state index contributed by atoms with van der Waals surface area (Å²) in [5, 5.41) is 79.1. The summed E-state index contributed by atoms with van der Waals surface area (Å²) in [4.78, 5) is 0. The second-order valence-corrected chi connectivity index (χ2v) is 8.86. The number of aliphatic hydroxyl groups is 8. The number of rotatable bonds is 5. The van der Waals surface area contributed by atoms with Crippen molar-refractivity contribution in [3.63, 3.8) is 0 Å². The molecule has 2 aromatic carbocycles. The molecule has 0 spiro atoms. The molecule has 2 fully saturated rings. The average molecular weight is 496 g/mol. The molecule has 0 radical (unpaired) electrons. The lowest BCUT2D eigenvalue weighted by Crippen LogP contribution is -2.55. The molecule has 2 aliphatic rings. The van der Waals surface area contributed by atoms with E-state index in [0.29, 0.717) is 11.1 Å². The molecule has 192 valence electrons. The molecule has 10 unspecified atom stereocenters. The van der Waals surface area contributed by atoms with Crippen LogP contribution in [0.25, 0.3) is 11.1 Å². The van der Waals surface area contributed by atoms with Crippen LogP contribution in [0.15, 0.2) is 42.5 Å². The lowest BCUT2D eigenvalue weighted by molar-refractivity contribution is -0.231. The summed E-state index contributed by atoms with van der Waals surface area (Å²) in [5.41, 5.74) is 1.33. The van der Waals surface area contributed by atoms with Crippen molar-refractivity contribution in [2.45, 2.75) is 61.0 Å². The van der Waals surface area contributed by atoms with Gasteiger partial charge in [0.15, 0.2) is 0 Å². The van der Waals surface area contributed by atoms with Gasteiger partial charge in [0.2, 0.25) is 0 Å². The van der Waals surface area contributed by atoms with Crippen LogP contribution in [0.2, 0.25) is 0 Å². The number of ether oxygens (including phenoxy) is 2. The summed E-state index contributed by atoms with van der Waals surface area (Å²) in [6.45, 7) is -1.14. The Balaban J connectivity index is 1.55. The molecule has 0 aromatic heterocycles. The van der Waals surface area contributed by atoms with Gasteiger partial charge >= 0.3 is 0 Å². The van der Waals surface area contributed by atoms with E-state index in [1.165, 1.54) is 12.1 Å². The first-order valence-electron chi connectivity index (χ1n) is 11.2. The zero-order valence-electron chi connectivity index (χ0n) is 18.5. The summed E-state index contributed by atoms with van der Waals surface area (Å²) in [7, 11) is 0. The van der Waals surface area contributed by atoms with Crippen molar-refractivity contribution in [3.8, 4) is 11.1 Å². The van der Waals surface area contributed by atoms with E-state index in [1.807, 2.05) is 0 Å². The van der Waals surface area contributed by atoms with Crippen LogP contribution in [0.4, 0.5) is 4.39 Å². The molecule has 35 heavy (non-hydrogen) atoms. The van der Waals surface area contributed by atoms with E-state index in [2.05, 4.69) is 0 Å². The normalized spacial score (nSPS) is 37.9. The molecule has 4 rings (SSSR count). The molecule has 2 saturated heterocycles. The van der Waals surface area contributed by atoms with E-state index in [1.54, 1.807) is 24.3 Å². The van der Waals surface area contributed by atoms with Crippen molar-refractivity contribution in [1.29, 1.82) is 0 Å². The molecule has 11 heteroatoms. The van der Waals surface area contributed by atoms with Crippen LogP contribution in [0.1, 0.15) is 23.3 Å². The Bertz CT molecular complexity index is 1000. The summed E-state index contributed by atoms with van der Waals surface area (Å²) in [6.07, 6.45) is -13.4. The highest BCUT2D eigenvalue weighted by molar-refractivity contribution is 5.65. The summed E-state index contributed by atoms with van der Waals surface area (Å²) < 4.78 is 26.0. The third-order valence-corrected chi connectivity index (χ3v) is 6.66. The van der Waals surface area contributed by atoms with E-state index >= 15 is 4.39 Å². The first kappa shape index (κ1) is 26.0. The predicted octanol–water partition coefficient (Wildman–Crippen LogP) is -1.48. The van der Waals surface area contributed by atoms with Gasteiger partial charge in [-0.25, -0.2) is 4.39 Å². The minimum atomic E-state index is -1.58. The van der Waals surface area contributed by atoms with E-state index in [0.717, 1.165) is 6.07 Å². The summed E-state index contributed by atoms with van der Waals surface area (Å²) in [6, 6.07) is 10.4. The van der Waals surface area contributed by atoms with Gasteiger partial charge in [-0.1, -0.05) is 36.4 Å². The maximum atomic E-state index is 15.0. The SMILES string of the molecule is OCC1OC(c2ccc(-c3ccc(C4OC(CO)C(O)C(O)C4O)cc3F)cc2)C(O)C(O)C1O. The monoisotopic (exact) mass is 496 g/mol. The fourth-order valence-corrected chi connectivity index (χ4v) is 4.55. The van der Waals surface area contributed by atoms with Gasteiger partial charge in [-0.05, 0) is 22.8 Å². The summed E-state index contributed by atoms with van der Waals surface area (Å²) >= 11 is 0. The van der Waals surface area contributed by atoms with Gasteiger partial charge in [0, 0.05) is 5.56 Å². The minimum absolute atomic E-state index is 0.207. The maximum absolute atomic E-state index is 15.0. The van der Waals surface area contributed by atoms with E-state index in [9.17, 15) is 40.9 Å². The molecule has 0 amide bonds. The highest BCUT2D eigenvalue weighted by Crippen LogP contribution is 2.36. The zero-order chi connectivity index (χ0) is 25.4. The van der Waals surface area contributed by atoms with Gasteiger partial charge in [-0.2, -0.15) is 0 Å². The van der Waals surface area contributed by atoms with Gasteiger partial charge in [-0.15, -0.1) is 0 Å². The first-order valence-corrected chi connectivity index (χ1v) is 11.2. The molecule has 0 saturated carbocycles. The van der Waals surface area contributed by atoms with Crippen LogP contribution in [0.3, 0.4) is 0 Å². The minimum Gasteiger partial charge on any atom is -0.394 e. The molecule has 10 nitrogen and oxygen atoms in total. The molecule has 2 aromatic rings. The fourth-order valence-electron chi connectivity index (χ4n) is 4.55. The molecular weight excluding hydrogens is 467 g/mol. The predicted molar refractivity (Wildman–Crippen MR) is 117 cm³/mol. The highest BCUT2D eigenvalue weighted by atomic mass is 19.1. The Hall–Kier alpha value is -2.03. The van der Waals surface area contributed by atoms with Crippen LogP contribution in [0.5, 0.6) is 0 Å². The third kappa shape index (κ3) is 4.85. The fraction of sp³-hybridized carbons (Fsp3) is 0.500. The quantitative estimate of drug-likeness (QED) is 0.243. The van der Waals surface area contributed by atoms with Gasteiger partial charge < -0.3 is 50.3 Å². The van der Waals surface area contributed by atoms with Crippen LogP contribution in [-0.2, 0) is 9.47 Å². The molecule has 2 aliphatic heterocycles. The van der Waals surface area contributed by atoms with E-state index in [-0.39, 0.29) is 11.1 Å². The number of hydrogen-bond acceptors (Lipinski definition) is 10. The summed E-state index contributed by atoms with van der Waals surface area (Å²) in [5.74, 6) is -0.653. The lowest BCUT2D eigenvalue weighted by atomic mass is 9.89. The Morgan fingerprint density at radius 1 is 0.600 bits per heavy atom. The van der Waals surface area contributed by atoms with Crippen LogP contribution >= 0.6 is 0 Å². The van der Waals surface area contributed by atoms with Crippen molar-refractivity contribution in [2.24, 2.45) is 0 Å². The molecule has 8 N–H and O–H groups in total. The second-order valence-electron chi connectivity index (χ2n) is 8.86. The van der Waals surface area contributed by atoms with E-state index in [4.69, 9.17) is 9.47 Å². The van der Waals surface area contributed by atoms with Crippen molar-refractivity contribution < 1.29 is 54.7 Å². The van der Waals surface area contributed by atoms with Crippen molar-refractivity contribution in [3.05, 3.63) is 59.4 Å². The number of hydrogen-bond donors (Lipinski definition) is 8. The van der Waals surface area contributed by atoms with Crippen molar-refractivity contribution >= 4 is 0 Å². The van der Waals surface area contributed by atoms with E-state index < -0.39 is 80.1 Å². The Labute approximate surface area is 200 Å². The van der Waals surface area contributed by atoms with Crippen molar-refractivity contribution in [1.82, 2.24) is 0 Å². The molecule has 0 bridgehead atoms. The Morgan fingerprint density at radius 2 is 1.06 bits per heavy atom. The van der Waals surface area contributed by atoms with Crippen LogP contribution in [-0.4, -0.2) is 103 Å².